The van der Waals surface area contributed by atoms with Gasteiger partial charge in [-0.15, -0.1) is 0 Å². The molecule has 4 rings (SSSR count). The van der Waals surface area contributed by atoms with E-state index in [1.54, 1.807) is 35.0 Å². The number of ether oxygens (including phenoxy) is 1. The summed E-state index contributed by atoms with van der Waals surface area (Å²) in [6.45, 7) is 1.73. The standard InChI is InChI=1S/C22H19ClF2N2O3/c1-12-6-18(27(26-12)17-4-2-16(23)3-5-17)11-30-21-19(24)9-14(10-20(21)25)13-7-15(8-13)22(28)29/h2-6,9-10,13,15H,7-8,11H2,1H3,(H,28,29). The van der Waals surface area contributed by atoms with Gasteiger partial charge in [-0.2, -0.15) is 5.10 Å². The van der Waals surface area contributed by atoms with Crippen LogP contribution >= 0.6 is 11.6 Å². The summed E-state index contributed by atoms with van der Waals surface area (Å²) in [5.74, 6) is -3.56. The molecule has 0 spiro atoms. The summed E-state index contributed by atoms with van der Waals surface area (Å²) < 4.78 is 36.2. The molecule has 5 nitrogen and oxygen atoms in total. The summed E-state index contributed by atoms with van der Waals surface area (Å²) in [4.78, 5) is 10.9. The predicted molar refractivity (Wildman–Crippen MR) is 107 cm³/mol. The van der Waals surface area contributed by atoms with Crippen molar-refractivity contribution in [1.82, 2.24) is 9.78 Å². The first-order valence-electron chi connectivity index (χ1n) is 9.48. The Morgan fingerprint density at radius 1 is 1.20 bits per heavy atom. The lowest BCUT2D eigenvalue weighted by atomic mass is 9.71. The third kappa shape index (κ3) is 4.03. The Kier molecular flexibility index (Phi) is 5.47. The number of carboxylic acids is 1. The van der Waals surface area contributed by atoms with Gasteiger partial charge in [-0.1, -0.05) is 11.6 Å². The molecule has 0 atom stereocenters. The van der Waals surface area contributed by atoms with Crippen LogP contribution in [0.15, 0.2) is 42.5 Å². The summed E-state index contributed by atoms with van der Waals surface area (Å²) >= 11 is 5.93. The highest BCUT2D eigenvalue weighted by molar-refractivity contribution is 6.30. The number of carboxylic acid groups (broad SMARTS) is 1. The lowest BCUT2D eigenvalue weighted by Crippen LogP contribution is -2.28. The molecule has 3 aromatic rings. The van der Waals surface area contributed by atoms with E-state index in [2.05, 4.69) is 5.10 Å². The molecule has 8 heteroatoms. The smallest absolute Gasteiger partial charge is 0.306 e. The van der Waals surface area contributed by atoms with E-state index in [0.29, 0.717) is 29.1 Å². The van der Waals surface area contributed by atoms with Crippen LogP contribution in [0.1, 0.15) is 35.7 Å². The Hall–Kier alpha value is -2.93. The topological polar surface area (TPSA) is 64.3 Å². The highest BCUT2D eigenvalue weighted by Gasteiger charge is 2.36. The number of aliphatic carboxylic acids is 1. The van der Waals surface area contributed by atoms with Crippen molar-refractivity contribution in [3.8, 4) is 11.4 Å². The van der Waals surface area contributed by atoms with Gasteiger partial charge in [0.1, 0.15) is 6.61 Å². The molecule has 0 aliphatic heterocycles. The number of carbonyl (C=O) groups is 1. The van der Waals surface area contributed by atoms with Crippen LogP contribution in [0, 0.1) is 24.5 Å². The van der Waals surface area contributed by atoms with Crippen molar-refractivity contribution in [2.75, 3.05) is 0 Å². The molecule has 1 aliphatic rings. The first kappa shape index (κ1) is 20.3. The van der Waals surface area contributed by atoms with Crippen molar-refractivity contribution < 1.29 is 23.4 Å². The molecular formula is C22H19ClF2N2O3. The molecular weight excluding hydrogens is 414 g/mol. The fraction of sp³-hybridized carbons (Fsp3) is 0.273. The number of aromatic nitrogens is 2. The number of nitrogens with zero attached hydrogens (tertiary/aromatic N) is 2. The normalized spacial score (nSPS) is 18.1. The van der Waals surface area contributed by atoms with Crippen LogP contribution in [-0.2, 0) is 11.4 Å². The van der Waals surface area contributed by atoms with Crippen molar-refractivity contribution in [2.24, 2.45) is 5.92 Å². The van der Waals surface area contributed by atoms with Crippen molar-refractivity contribution in [2.45, 2.75) is 32.3 Å². The Morgan fingerprint density at radius 3 is 2.43 bits per heavy atom. The van der Waals surface area contributed by atoms with Gasteiger partial charge in [-0.05, 0) is 73.7 Å². The quantitative estimate of drug-likeness (QED) is 0.576. The predicted octanol–water partition coefficient (Wildman–Crippen LogP) is 5.27. The number of benzene rings is 2. The van der Waals surface area contributed by atoms with Crippen LogP contribution in [0.25, 0.3) is 5.69 Å². The summed E-state index contributed by atoms with van der Waals surface area (Å²) in [5, 5.41) is 14.0. The molecule has 0 radical (unpaired) electrons. The van der Waals surface area contributed by atoms with Gasteiger partial charge in [0.2, 0.25) is 0 Å². The third-order valence-corrected chi connectivity index (χ3v) is 5.57. The molecule has 1 heterocycles. The highest BCUT2D eigenvalue weighted by Crippen LogP contribution is 2.43. The van der Waals surface area contributed by atoms with Crippen LogP contribution in [0.4, 0.5) is 8.78 Å². The second kappa shape index (κ2) is 8.07. The number of halogens is 3. The van der Waals surface area contributed by atoms with E-state index in [1.807, 2.05) is 6.92 Å². The maximum atomic E-state index is 14.5. The maximum Gasteiger partial charge on any atom is 0.306 e. The Labute approximate surface area is 176 Å². The molecule has 1 saturated carbocycles. The zero-order chi connectivity index (χ0) is 21.4. The van der Waals surface area contributed by atoms with Crippen molar-refractivity contribution >= 4 is 17.6 Å². The SMILES string of the molecule is Cc1cc(COc2c(F)cc(C3CC(C(=O)O)C3)cc2F)n(-c2ccc(Cl)cc2)n1. The summed E-state index contributed by atoms with van der Waals surface area (Å²) in [5.41, 5.74) is 2.57. The minimum absolute atomic E-state index is 0.0822. The van der Waals surface area contributed by atoms with Gasteiger partial charge < -0.3 is 9.84 Å². The Morgan fingerprint density at radius 2 is 1.83 bits per heavy atom. The number of aryl methyl sites for hydroxylation is 1. The lowest BCUT2D eigenvalue weighted by molar-refractivity contribution is -0.145. The number of rotatable bonds is 6. The first-order chi connectivity index (χ1) is 14.3. The molecule has 0 saturated heterocycles. The molecule has 156 valence electrons. The zero-order valence-corrected chi connectivity index (χ0v) is 16.9. The Balaban J connectivity index is 1.51. The molecule has 1 aromatic heterocycles. The van der Waals surface area contributed by atoms with Gasteiger partial charge >= 0.3 is 5.97 Å². The van der Waals surface area contributed by atoms with Crippen LogP contribution in [0.5, 0.6) is 5.75 Å². The van der Waals surface area contributed by atoms with Crippen molar-refractivity contribution in [1.29, 1.82) is 0 Å². The minimum Gasteiger partial charge on any atom is -0.481 e. The number of hydrogen-bond acceptors (Lipinski definition) is 3. The second-order valence-corrected chi connectivity index (χ2v) is 7.91. The largest absolute Gasteiger partial charge is 0.481 e. The van der Waals surface area contributed by atoms with E-state index in [1.165, 1.54) is 12.1 Å². The first-order valence-corrected chi connectivity index (χ1v) is 9.85. The minimum atomic E-state index is -0.875. The molecule has 1 fully saturated rings. The highest BCUT2D eigenvalue weighted by atomic mass is 35.5. The molecule has 0 unspecified atom stereocenters. The van der Waals surface area contributed by atoms with Gasteiger partial charge in [-0.3, -0.25) is 4.79 Å². The summed E-state index contributed by atoms with van der Waals surface area (Å²) in [6.07, 6.45) is 0.766. The van der Waals surface area contributed by atoms with Gasteiger partial charge in [-0.25, -0.2) is 13.5 Å². The van der Waals surface area contributed by atoms with Crippen LogP contribution in [0.2, 0.25) is 5.02 Å². The van der Waals surface area contributed by atoms with Gasteiger partial charge in [0.15, 0.2) is 17.4 Å². The van der Waals surface area contributed by atoms with Gasteiger partial charge in [0, 0.05) is 5.02 Å². The fourth-order valence-corrected chi connectivity index (χ4v) is 3.78. The van der Waals surface area contributed by atoms with Crippen LogP contribution in [0.3, 0.4) is 0 Å². The maximum absolute atomic E-state index is 14.5. The zero-order valence-electron chi connectivity index (χ0n) is 16.1. The molecule has 0 amide bonds. The molecule has 30 heavy (non-hydrogen) atoms. The number of hydrogen-bond donors (Lipinski definition) is 1. The average Bonchev–Trinajstić information content (AvgIpc) is 3.00. The summed E-state index contributed by atoms with van der Waals surface area (Å²) in [7, 11) is 0. The van der Waals surface area contributed by atoms with Crippen LogP contribution in [-0.4, -0.2) is 20.9 Å². The lowest BCUT2D eigenvalue weighted by Gasteiger charge is -2.32. The fourth-order valence-electron chi connectivity index (χ4n) is 3.65. The van der Waals surface area contributed by atoms with E-state index in [9.17, 15) is 13.6 Å². The van der Waals surface area contributed by atoms with E-state index in [4.69, 9.17) is 21.4 Å². The van der Waals surface area contributed by atoms with E-state index in [-0.39, 0.29) is 12.5 Å². The molecule has 1 N–H and O–H groups in total. The Bertz CT molecular complexity index is 1070. The van der Waals surface area contributed by atoms with Crippen molar-refractivity contribution in [3.05, 3.63) is 76.1 Å². The van der Waals surface area contributed by atoms with Gasteiger partial charge in [0.25, 0.3) is 0 Å². The van der Waals surface area contributed by atoms with E-state index in [0.717, 1.165) is 11.4 Å². The average molecular weight is 433 g/mol. The molecule has 1 aliphatic carbocycles. The monoisotopic (exact) mass is 432 g/mol. The van der Waals surface area contributed by atoms with Gasteiger partial charge in [0.05, 0.1) is 23.0 Å². The summed E-state index contributed by atoms with van der Waals surface area (Å²) in [6, 6.07) is 11.3. The molecule has 2 aromatic carbocycles. The van der Waals surface area contributed by atoms with Crippen LogP contribution < -0.4 is 4.74 Å². The van der Waals surface area contributed by atoms with Crippen molar-refractivity contribution in [3.63, 3.8) is 0 Å². The third-order valence-electron chi connectivity index (χ3n) is 5.32. The second-order valence-electron chi connectivity index (χ2n) is 7.47. The van der Waals surface area contributed by atoms with E-state index >= 15 is 0 Å². The van der Waals surface area contributed by atoms with E-state index < -0.39 is 29.3 Å². The molecule has 0 bridgehead atoms.